The zero-order valence-electron chi connectivity index (χ0n) is 8.69. The van der Waals surface area contributed by atoms with Gasteiger partial charge in [0.15, 0.2) is 0 Å². The lowest BCUT2D eigenvalue weighted by Crippen LogP contribution is -2.38. The number of aliphatic hydroxyl groups is 1. The minimum Gasteiger partial charge on any atom is -0.396 e. The summed E-state index contributed by atoms with van der Waals surface area (Å²) in [5.41, 5.74) is 0. The van der Waals surface area contributed by atoms with E-state index < -0.39 is 10.0 Å². The first-order valence-electron chi connectivity index (χ1n) is 4.65. The predicted molar refractivity (Wildman–Crippen MR) is 54.6 cm³/mol. The van der Waals surface area contributed by atoms with Crippen molar-refractivity contribution in [1.82, 2.24) is 4.72 Å². The lowest BCUT2D eigenvalue weighted by molar-refractivity contribution is 0.173. The number of methoxy groups -OCH3 is 1. The number of rotatable bonds is 8. The lowest BCUT2D eigenvalue weighted by Gasteiger charge is -2.15. The molecule has 0 rings (SSSR count). The number of aliphatic hydroxyl groups excluding tert-OH is 1. The van der Waals surface area contributed by atoms with Gasteiger partial charge in [0, 0.05) is 19.8 Å². The lowest BCUT2D eigenvalue weighted by atomic mass is 10.3. The average molecular weight is 225 g/mol. The van der Waals surface area contributed by atoms with Crippen molar-refractivity contribution in [2.75, 3.05) is 26.1 Å². The van der Waals surface area contributed by atoms with Crippen molar-refractivity contribution >= 4 is 10.0 Å². The van der Waals surface area contributed by atoms with E-state index in [9.17, 15) is 8.42 Å². The van der Waals surface area contributed by atoms with Gasteiger partial charge in [-0.25, -0.2) is 13.1 Å². The molecule has 0 bridgehead atoms. The van der Waals surface area contributed by atoms with Crippen LogP contribution in [0.4, 0.5) is 0 Å². The van der Waals surface area contributed by atoms with E-state index in [0.717, 1.165) is 0 Å². The van der Waals surface area contributed by atoms with E-state index in [2.05, 4.69) is 4.72 Å². The molecule has 0 aromatic rings. The minimum atomic E-state index is -3.27. The molecule has 14 heavy (non-hydrogen) atoms. The third-order valence-corrected chi connectivity index (χ3v) is 3.30. The van der Waals surface area contributed by atoms with Crippen LogP contribution < -0.4 is 4.72 Å². The Hall–Kier alpha value is -0.170. The first-order valence-corrected chi connectivity index (χ1v) is 6.30. The van der Waals surface area contributed by atoms with E-state index in [0.29, 0.717) is 13.0 Å². The highest BCUT2D eigenvalue weighted by Crippen LogP contribution is 1.97. The van der Waals surface area contributed by atoms with E-state index in [1.807, 2.05) is 6.92 Å². The molecule has 5 nitrogen and oxygen atoms in total. The fourth-order valence-corrected chi connectivity index (χ4v) is 2.37. The molecule has 1 unspecified atom stereocenters. The Labute approximate surface area is 85.5 Å². The second-order valence-electron chi connectivity index (χ2n) is 3.07. The van der Waals surface area contributed by atoms with Gasteiger partial charge in [0.1, 0.15) is 0 Å². The largest absolute Gasteiger partial charge is 0.396 e. The normalized spacial score (nSPS) is 14.2. The first-order chi connectivity index (χ1) is 6.55. The zero-order valence-corrected chi connectivity index (χ0v) is 9.51. The van der Waals surface area contributed by atoms with Gasteiger partial charge in [-0.05, 0) is 12.8 Å². The van der Waals surface area contributed by atoms with E-state index in [-0.39, 0.29) is 24.8 Å². The molecule has 0 aromatic carbocycles. The molecule has 0 aliphatic heterocycles. The number of sulfonamides is 1. The van der Waals surface area contributed by atoms with Gasteiger partial charge in [0.25, 0.3) is 0 Å². The summed E-state index contributed by atoms with van der Waals surface area (Å²) in [6.07, 6.45) is 0.949. The molecule has 1 atom stereocenters. The summed E-state index contributed by atoms with van der Waals surface area (Å²) in [6.45, 7) is 2.15. The van der Waals surface area contributed by atoms with Gasteiger partial charge in [0.2, 0.25) is 10.0 Å². The molecular formula is C8H19NO4S. The Balaban J connectivity index is 4.04. The predicted octanol–water partition coefficient (Wildman–Crippen LogP) is -0.287. The average Bonchev–Trinajstić information content (AvgIpc) is 2.14. The number of hydrogen-bond donors (Lipinski definition) is 2. The molecule has 0 spiro atoms. The second kappa shape index (κ2) is 7.17. The highest BCUT2D eigenvalue weighted by Gasteiger charge is 2.15. The summed E-state index contributed by atoms with van der Waals surface area (Å²) in [6, 6.07) is -0.177. The maximum Gasteiger partial charge on any atom is 0.212 e. The summed E-state index contributed by atoms with van der Waals surface area (Å²) < 4.78 is 30.1. The van der Waals surface area contributed by atoms with Crippen molar-refractivity contribution in [1.29, 1.82) is 0 Å². The van der Waals surface area contributed by atoms with Crippen molar-refractivity contribution in [3.63, 3.8) is 0 Å². The van der Waals surface area contributed by atoms with Gasteiger partial charge in [-0.1, -0.05) is 6.92 Å². The fourth-order valence-electron chi connectivity index (χ4n) is 1.00. The zero-order chi connectivity index (χ0) is 11.0. The SMILES string of the molecule is CCC(COC)NS(=O)(=O)CCCO. The van der Waals surface area contributed by atoms with Crippen molar-refractivity contribution < 1.29 is 18.3 Å². The molecule has 0 heterocycles. The van der Waals surface area contributed by atoms with Gasteiger partial charge in [-0.2, -0.15) is 0 Å². The molecule has 2 N–H and O–H groups in total. The number of nitrogens with one attached hydrogen (secondary N) is 1. The molecule has 0 radical (unpaired) electrons. The molecule has 0 amide bonds. The number of hydrogen-bond acceptors (Lipinski definition) is 4. The second-order valence-corrected chi connectivity index (χ2v) is 4.95. The van der Waals surface area contributed by atoms with Crippen molar-refractivity contribution in [2.45, 2.75) is 25.8 Å². The molecule has 86 valence electrons. The highest BCUT2D eigenvalue weighted by molar-refractivity contribution is 7.89. The topological polar surface area (TPSA) is 75.6 Å². The van der Waals surface area contributed by atoms with Crippen LogP contribution in [0.3, 0.4) is 0 Å². The fraction of sp³-hybridized carbons (Fsp3) is 1.00. The molecule has 0 saturated heterocycles. The Morgan fingerprint density at radius 3 is 2.57 bits per heavy atom. The van der Waals surface area contributed by atoms with Crippen LogP contribution in [-0.4, -0.2) is 45.6 Å². The Kier molecular flexibility index (Phi) is 7.08. The standard InChI is InChI=1S/C8H19NO4S/c1-3-8(7-13-2)9-14(11,12)6-4-5-10/h8-10H,3-7H2,1-2H3. The van der Waals surface area contributed by atoms with Crippen LogP contribution in [0.1, 0.15) is 19.8 Å². The van der Waals surface area contributed by atoms with Crippen LogP contribution in [0.2, 0.25) is 0 Å². The monoisotopic (exact) mass is 225 g/mol. The first kappa shape index (κ1) is 13.8. The van der Waals surface area contributed by atoms with E-state index in [1.165, 1.54) is 7.11 Å². The van der Waals surface area contributed by atoms with Crippen molar-refractivity contribution in [2.24, 2.45) is 0 Å². The molecule has 0 aliphatic carbocycles. The van der Waals surface area contributed by atoms with Gasteiger partial charge < -0.3 is 9.84 Å². The van der Waals surface area contributed by atoms with Crippen LogP contribution in [0.15, 0.2) is 0 Å². The molecule has 0 fully saturated rings. The summed E-state index contributed by atoms with van der Waals surface area (Å²) in [7, 11) is -1.73. The van der Waals surface area contributed by atoms with Gasteiger partial charge >= 0.3 is 0 Å². The van der Waals surface area contributed by atoms with Gasteiger partial charge in [0.05, 0.1) is 12.4 Å². The molecular weight excluding hydrogens is 206 g/mol. The molecule has 0 saturated carbocycles. The van der Waals surface area contributed by atoms with Crippen molar-refractivity contribution in [3.05, 3.63) is 0 Å². The maximum absolute atomic E-state index is 11.4. The number of ether oxygens (including phenoxy) is 1. The highest BCUT2D eigenvalue weighted by atomic mass is 32.2. The summed E-state index contributed by atoms with van der Waals surface area (Å²) >= 11 is 0. The van der Waals surface area contributed by atoms with E-state index in [4.69, 9.17) is 9.84 Å². The summed E-state index contributed by atoms with van der Waals surface area (Å²) in [5.74, 6) is -0.0380. The Bertz CT molecular complexity index is 227. The summed E-state index contributed by atoms with van der Waals surface area (Å²) in [4.78, 5) is 0. The quantitative estimate of drug-likeness (QED) is 0.595. The van der Waals surface area contributed by atoms with Crippen LogP contribution in [0.25, 0.3) is 0 Å². The third-order valence-electron chi connectivity index (χ3n) is 1.78. The smallest absolute Gasteiger partial charge is 0.212 e. The Morgan fingerprint density at radius 2 is 2.14 bits per heavy atom. The Morgan fingerprint density at radius 1 is 1.50 bits per heavy atom. The van der Waals surface area contributed by atoms with Gasteiger partial charge in [-0.3, -0.25) is 0 Å². The van der Waals surface area contributed by atoms with Gasteiger partial charge in [-0.15, -0.1) is 0 Å². The summed E-state index contributed by atoms with van der Waals surface area (Å²) in [5, 5.41) is 8.51. The van der Waals surface area contributed by atoms with E-state index in [1.54, 1.807) is 0 Å². The van der Waals surface area contributed by atoms with E-state index >= 15 is 0 Å². The molecule has 6 heteroatoms. The van der Waals surface area contributed by atoms with Crippen molar-refractivity contribution in [3.8, 4) is 0 Å². The van der Waals surface area contributed by atoms with Crippen LogP contribution in [0, 0.1) is 0 Å². The van der Waals surface area contributed by atoms with Crippen LogP contribution >= 0.6 is 0 Å². The molecule has 0 aromatic heterocycles. The molecule has 0 aliphatic rings. The third kappa shape index (κ3) is 6.31. The minimum absolute atomic E-state index is 0.0380. The van der Waals surface area contributed by atoms with Crippen LogP contribution in [-0.2, 0) is 14.8 Å². The van der Waals surface area contributed by atoms with Crippen LogP contribution in [0.5, 0.6) is 0 Å². The maximum atomic E-state index is 11.4.